The molecule has 1 aromatic carbocycles. The lowest BCUT2D eigenvalue weighted by Crippen LogP contribution is -2.41. The monoisotopic (exact) mass is 381 g/mol. The third kappa shape index (κ3) is 3.45. The van der Waals surface area contributed by atoms with Crippen LogP contribution in [0.25, 0.3) is 0 Å². The molecule has 122 valence electrons. The number of alkyl halides is 3. The summed E-state index contributed by atoms with van der Waals surface area (Å²) in [5.41, 5.74) is -1.88. The van der Waals surface area contributed by atoms with E-state index in [0.717, 1.165) is 18.9 Å². The number of benzene rings is 1. The minimum Gasteiger partial charge on any atom is -0.338 e. The maximum atomic E-state index is 14.2. The van der Waals surface area contributed by atoms with E-state index in [1.807, 2.05) is 0 Å². The predicted molar refractivity (Wildman–Crippen MR) is 78.0 cm³/mol. The van der Waals surface area contributed by atoms with Gasteiger partial charge in [-0.3, -0.25) is 4.79 Å². The minimum atomic E-state index is -4.83. The van der Waals surface area contributed by atoms with Gasteiger partial charge in [0.2, 0.25) is 0 Å². The first-order chi connectivity index (χ1) is 10.0. The van der Waals surface area contributed by atoms with E-state index in [2.05, 4.69) is 29.8 Å². The predicted octanol–water partition coefficient (Wildman–Crippen LogP) is 4.87. The van der Waals surface area contributed by atoms with Gasteiger partial charge in [-0.15, -0.1) is 0 Å². The van der Waals surface area contributed by atoms with Crippen molar-refractivity contribution in [3.63, 3.8) is 0 Å². The lowest BCUT2D eigenvalue weighted by Gasteiger charge is -2.37. The van der Waals surface area contributed by atoms with E-state index >= 15 is 0 Å². The molecular formula is C15H16BrF4NO. The van der Waals surface area contributed by atoms with Crippen LogP contribution in [0.5, 0.6) is 0 Å². The Bertz CT molecular complexity index is 588. The summed E-state index contributed by atoms with van der Waals surface area (Å²) >= 11 is 2.98. The van der Waals surface area contributed by atoms with Crippen LogP contribution in [0, 0.1) is 11.2 Å². The lowest BCUT2D eigenvalue weighted by atomic mass is 9.82. The second-order valence-electron chi connectivity index (χ2n) is 6.24. The highest BCUT2D eigenvalue weighted by atomic mass is 79.9. The van der Waals surface area contributed by atoms with Gasteiger partial charge < -0.3 is 4.90 Å². The molecule has 0 unspecified atom stereocenters. The van der Waals surface area contributed by atoms with Crippen LogP contribution in [-0.4, -0.2) is 23.9 Å². The van der Waals surface area contributed by atoms with Crippen molar-refractivity contribution in [1.29, 1.82) is 0 Å². The molecule has 1 fully saturated rings. The molecule has 0 atom stereocenters. The van der Waals surface area contributed by atoms with Gasteiger partial charge >= 0.3 is 6.18 Å². The van der Waals surface area contributed by atoms with E-state index in [1.54, 1.807) is 0 Å². The third-order valence-corrected chi connectivity index (χ3v) is 4.68. The molecule has 1 aromatic rings. The number of likely N-dealkylation sites (tertiary alicyclic amines) is 1. The molecule has 2 nitrogen and oxygen atoms in total. The Morgan fingerprint density at radius 1 is 1.23 bits per heavy atom. The van der Waals surface area contributed by atoms with E-state index in [0.29, 0.717) is 19.2 Å². The van der Waals surface area contributed by atoms with Crippen molar-refractivity contribution in [3.05, 3.63) is 33.5 Å². The summed E-state index contributed by atoms with van der Waals surface area (Å²) in [6.45, 7) is 4.95. The summed E-state index contributed by atoms with van der Waals surface area (Å²) in [5.74, 6) is -2.22. The Labute approximate surface area is 134 Å². The van der Waals surface area contributed by atoms with Gasteiger partial charge in [0, 0.05) is 17.6 Å². The average Bonchev–Trinajstić information content (AvgIpc) is 2.36. The standard InChI is InChI=1S/C15H16BrF4NO/c1-14(2)5-7-21(8-6-14)13(22)11-10(16)4-3-9(12(11)17)15(18,19)20/h3-4H,5-8H2,1-2H3. The third-order valence-electron chi connectivity index (χ3n) is 4.01. The Balaban J connectivity index is 2.34. The van der Waals surface area contributed by atoms with Gasteiger partial charge in [-0.1, -0.05) is 13.8 Å². The number of hydrogen-bond acceptors (Lipinski definition) is 1. The van der Waals surface area contributed by atoms with Crippen LogP contribution >= 0.6 is 15.9 Å². The first-order valence-electron chi connectivity index (χ1n) is 6.87. The summed E-state index contributed by atoms with van der Waals surface area (Å²) in [7, 11) is 0. The minimum absolute atomic E-state index is 0.0350. The molecule has 1 saturated heterocycles. The van der Waals surface area contributed by atoms with E-state index in [4.69, 9.17) is 0 Å². The molecule has 1 aliphatic rings. The summed E-state index contributed by atoms with van der Waals surface area (Å²) in [6.07, 6.45) is -3.36. The number of hydrogen-bond donors (Lipinski definition) is 0. The molecule has 1 amide bonds. The Morgan fingerprint density at radius 2 is 1.77 bits per heavy atom. The van der Waals surface area contributed by atoms with Gasteiger partial charge in [-0.2, -0.15) is 13.2 Å². The Hall–Kier alpha value is -1.11. The van der Waals surface area contributed by atoms with Crippen LogP contribution in [-0.2, 0) is 6.18 Å². The summed E-state index contributed by atoms with van der Waals surface area (Å²) in [4.78, 5) is 13.8. The molecule has 0 aliphatic carbocycles. The van der Waals surface area contributed by atoms with Gasteiger partial charge in [0.1, 0.15) is 5.82 Å². The van der Waals surface area contributed by atoms with Crippen LogP contribution in [0.2, 0.25) is 0 Å². The van der Waals surface area contributed by atoms with Crippen LogP contribution in [0.3, 0.4) is 0 Å². The van der Waals surface area contributed by atoms with E-state index in [1.165, 1.54) is 4.90 Å². The van der Waals surface area contributed by atoms with Gasteiger partial charge in [-0.25, -0.2) is 4.39 Å². The van der Waals surface area contributed by atoms with Crippen molar-refractivity contribution >= 4 is 21.8 Å². The Morgan fingerprint density at radius 3 is 2.27 bits per heavy atom. The van der Waals surface area contributed by atoms with Crippen molar-refractivity contribution in [2.24, 2.45) is 5.41 Å². The van der Waals surface area contributed by atoms with E-state index in [-0.39, 0.29) is 9.89 Å². The molecule has 0 bridgehead atoms. The largest absolute Gasteiger partial charge is 0.419 e. The molecule has 1 aliphatic heterocycles. The topological polar surface area (TPSA) is 20.3 Å². The van der Waals surface area contributed by atoms with Crippen molar-refractivity contribution in [1.82, 2.24) is 4.90 Å². The number of nitrogens with zero attached hydrogens (tertiary/aromatic N) is 1. The molecule has 0 aromatic heterocycles. The highest BCUT2D eigenvalue weighted by Gasteiger charge is 2.38. The van der Waals surface area contributed by atoms with Crippen LogP contribution in [0.1, 0.15) is 42.6 Å². The molecule has 0 saturated carbocycles. The molecule has 0 N–H and O–H groups in total. The zero-order valence-electron chi connectivity index (χ0n) is 12.2. The van der Waals surface area contributed by atoms with Crippen LogP contribution < -0.4 is 0 Å². The molecule has 1 heterocycles. The number of carbonyl (C=O) groups is 1. The zero-order chi connectivity index (χ0) is 16.7. The SMILES string of the molecule is CC1(C)CCN(C(=O)c2c(Br)ccc(C(F)(F)F)c2F)CC1. The highest BCUT2D eigenvalue weighted by molar-refractivity contribution is 9.10. The molecular weight excluding hydrogens is 366 g/mol. The number of amides is 1. The fourth-order valence-electron chi connectivity index (χ4n) is 2.44. The smallest absolute Gasteiger partial charge is 0.338 e. The fraction of sp³-hybridized carbons (Fsp3) is 0.533. The number of halogens is 5. The fourth-order valence-corrected chi connectivity index (χ4v) is 2.92. The van der Waals surface area contributed by atoms with Crippen LogP contribution in [0.15, 0.2) is 16.6 Å². The van der Waals surface area contributed by atoms with Crippen molar-refractivity contribution in [3.8, 4) is 0 Å². The molecule has 22 heavy (non-hydrogen) atoms. The van der Waals surface area contributed by atoms with Crippen LogP contribution in [0.4, 0.5) is 17.6 Å². The molecule has 0 radical (unpaired) electrons. The number of carbonyl (C=O) groups excluding carboxylic acids is 1. The molecule has 0 spiro atoms. The summed E-state index contributed by atoms with van der Waals surface area (Å²) < 4.78 is 52.6. The average molecular weight is 382 g/mol. The van der Waals surface area contributed by atoms with Gasteiger partial charge in [0.15, 0.2) is 0 Å². The summed E-state index contributed by atoms with van der Waals surface area (Å²) in [6, 6.07) is 1.70. The normalized spacial score (nSPS) is 18.4. The first kappa shape index (κ1) is 17.2. The second-order valence-corrected chi connectivity index (χ2v) is 7.09. The maximum absolute atomic E-state index is 14.2. The number of piperidine rings is 1. The van der Waals surface area contributed by atoms with Gasteiger partial charge in [0.25, 0.3) is 5.91 Å². The van der Waals surface area contributed by atoms with Crippen molar-refractivity contribution < 1.29 is 22.4 Å². The number of rotatable bonds is 1. The van der Waals surface area contributed by atoms with Crippen molar-refractivity contribution in [2.75, 3.05) is 13.1 Å². The maximum Gasteiger partial charge on any atom is 0.419 e. The highest BCUT2D eigenvalue weighted by Crippen LogP contribution is 2.36. The second kappa shape index (κ2) is 5.83. The molecule has 7 heteroatoms. The van der Waals surface area contributed by atoms with Gasteiger partial charge in [-0.05, 0) is 46.3 Å². The zero-order valence-corrected chi connectivity index (χ0v) is 13.8. The van der Waals surface area contributed by atoms with E-state index < -0.39 is 29.0 Å². The van der Waals surface area contributed by atoms with Gasteiger partial charge in [0.05, 0.1) is 11.1 Å². The summed E-state index contributed by atoms with van der Waals surface area (Å²) in [5, 5.41) is 0. The van der Waals surface area contributed by atoms with Crippen molar-refractivity contribution in [2.45, 2.75) is 32.9 Å². The molecule has 2 rings (SSSR count). The van der Waals surface area contributed by atoms with E-state index in [9.17, 15) is 22.4 Å². The quantitative estimate of drug-likeness (QED) is 0.635. The Kier molecular flexibility index (Phi) is 4.57. The lowest BCUT2D eigenvalue weighted by molar-refractivity contribution is -0.140. The first-order valence-corrected chi connectivity index (χ1v) is 7.67.